The molecule has 0 radical (unpaired) electrons. The van der Waals surface area contributed by atoms with Crippen molar-refractivity contribution in [1.29, 1.82) is 0 Å². The Balaban J connectivity index is 2.81. The minimum Gasteiger partial charge on any atom is -0.480 e. The largest absolute Gasteiger partial charge is 0.480 e. The summed E-state index contributed by atoms with van der Waals surface area (Å²) in [6.07, 6.45) is 2.03. The van der Waals surface area contributed by atoms with Crippen LogP contribution in [0.5, 0.6) is 0 Å². The second-order valence-corrected chi connectivity index (χ2v) is 5.42. The zero-order chi connectivity index (χ0) is 14.4. The first-order valence-corrected chi connectivity index (χ1v) is 7.11. The molecule has 4 nitrogen and oxygen atoms in total. The number of carbonyl (C=O) groups excluding carboxylic acids is 1. The van der Waals surface area contributed by atoms with E-state index in [1.54, 1.807) is 12.1 Å². The second-order valence-electron chi connectivity index (χ2n) is 4.13. The van der Waals surface area contributed by atoms with Gasteiger partial charge in [-0.15, -0.1) is 0 Å². The van der Waals surface area contributed by atoms with E-state index in [4.69, 9.17) is 16.7 Å². The van der Waals surface area contributed by atoms with Gasteiger partial charge in [-0.05, 0) is 40.5 Å². The van der Waals surface area contributed by atoms with Crippen molar-refractivity contribution in [2.24, 2.45) is 0 Å². The van der Waals surface area contributed by atoms with E-state index in [1.807, 2.05) is 6.92 Å². The Bertz CT molecular complexity index is 479. The van der Waals surface area contributed by atoms with Crippen molar-refractivity contribution in [3.63, 3.8) is 0 Å². The van der Waals surface area contributed by atoms with Crippen molar-refractivity contribution < 1.29 is 14.7 Å². The van der Waals surface area contributed by atoms with Gasteiger partial charge in [0.05, 0.1) is 5.56 Å². The fraction of sp³-hybridized carbons (Fsp3) is 0.385. The molecular weight excluding hydrogens is 334 g/mol. The molecule has 19 heavy (non-hydrogen) atoms. The van der Waals surface area contributed by atoms with E-state index < -0.39 is 17.9 Å². The summed E-state index contributed by atoms with van der Waals surface area (Å²) in [5, 5.41) is 12.0. The smallest absolute Gasteiger partial charge is 0.326 e. The zero-order valence-corrected chi connectivity index (χ0v) is 12.8. The fourth-order valence-electron chi connectivity index (χ4n) is 1.57. The maximum Gasteiger partial charge on any atom is 0.326 e. The van der Waals surface area contributed by atoms with E-state index in [1.165, 1.54) is 6.07 Å². The molecule has 0 aliphatic rings. The van der Waals surface area contributed by atoms with Crippen molar-refractivity contribution >= 4 is 39.4 Å². The molecule has 2 N–H and O–H groups in total. The number of hydrogen-bond acceptors (Lipinski definition) is 2. The molecule has 0 aliphatic carbocycles. The lowest BCUT2D eigenvalue weighted by molar-refractivity contribution is -0.139. The van der Waals surface area contributed by atoms with Gasteiger partial charge in [0.1, 0.15) is 6.04 Å². The molecule has 104 valence electrons. The predicted octanol–water partition coefficient (Wildman–Crippen LogP) is 3.48. The molecule has 1 atom stereocenters. The Kier molecular flexibility index (Phi) is 6.31. The highest BCUT2D eigenvalue weighted by molar-refractivity contribution is 9.10. The van der Waals surface area contributed by atoms with Crippen molar-refractivity contribution in [3.05, 3.63) is 33.3 Å². The van der Waals surface area contributed by atoms with Gasteiger partial charge >= 0.3 is 5.97 Å². The number of unbranched alkanes of at least 4 members (excludes halogenated alkanes) is 1. The molecule has 0 heterocycles. The van der Waals surface area contributed by atoms with E-state index in [0.717, 1.165) is 12.8 Å². The number of carbonyl (C=O) groups is 2. The maximum atomic E-state index is 12.0. The number of nitrogens with one attached hydrogen (secondary N) is 1. The lowest BCUT2D eigenvalue weighted by atomic mass is 10.1. The van der Waals surface area contributed by atoms with E-state index in [-0.39, 0.29) is 0 Å². The summed E-state index contributed by atoms with van der Waals surface area (Å²) in [5.41, 5.74) is 0.329. The van der Waals surface area contributed by atoms with Gasteiger partial charge in [-0.3, -0.25) is 4.79 Å². The summed E-state index contributed by atoms with van der Waals surface area (Å²) in [6.45, 7) is 1.97. The molecule has 0 aromatic heterocycles. The summed E-state index contributed by atoms with van der Waals surface area (Å²) < 4.78 is 0.578. The van der Waals surface area contributed by atoms with Crippen molar-refractivity contribution in [3.8, 4) is 0 Å². The Hall–Kier alpha value is -1.07. The van der Waals surface area contributed by atoms with E-state index in [2.05, 4.69) is 21.2 Å². The van der Waals surface area contributed by atoms with Crippen LogP contribution in [0.4, 0.5) is 0 Å². The number of carboxylic acids is 1. The van der Waals surface area contributed by atoms with Gasteiger partial charge < -0.3 is 10.4 Å². The fourth-order valence-corrected chi connectivity index (χ4v) is 2.17. The van der Waals surface area contributed by atoms with Gasteiger partial charge in [0.15, 0.2) is 0 Å². The van der Waals surface area contributed by atoms with Crippen LogP contribution in [0, 0.1) is 0 Å². The van der Waals surface area contributed by atoms with Gasteiger partial charge in [0, 0.05) is 9.50 Å². The van der Waals surface area contributed by atoms with Crippen LogP contribution in [0.25, 0.3) is 0 Å². The first kappa shape index (κ1) is 16.0. The molecule has 0 spiro atoms. The first-order chi connectivity index (χ1) is 8.95. The third-order valence-corrected chi connectivity index (χ3v) is 3.55. The zero-order valence-electron chi connectivity index (χ0n) is 10.5. The molecule has 6 heteroatoms. The number of benzene rings is 1. The predicted molar refractivity (Wildman–Crippen MR) is 77.6 cm³/mol. The average Bonchev–Trinajstić information content (AvgIpc) is 2.36. The lowest BCUT2D eigenvalue weighted by Crippen LogP contribution is -2.40. The van der Waals surface area contributed by atoms with Crippen LogP contribution in [-0.2, 0) is 4.79 Å². The van der Waals surface area contributed by atoms with Crippen molar-refractivity contribution in [2.75, 3.05) is 0 Å². The van der Waals surface area contributed by atoms with E-state index in [9.17, 15) is 9.59 Å². The summed E-state index contributed by atoms with van der Waals surface area (Å²) >= 11 is 9.07. The summed E-state index contributed by atoms with van der Waals surface area (Å²) in [6, 6.07) is 3.92. The third-order valence-electron chi connectivity index (χ3n) is 2.62. The Morgan fingerprint density at radius 3 is 2.74 bits per heavy atom. The average molecular weight is 349 g/mol. The second kappa shape index (κ2) is 7.50. The van der Waals surface area contributed by atoms with Crippen LogP contribution >= 0.6 is 27.5 Å². The Morgan fingerprint density at radius 2 is 2.16 bits per heavy atom. The molecule has 0 saturated carbocycles. The molecule has 0 fully saturated rings. The van der Waals surface area contributed by atoms with Crippen molar-refractivity contribution in [2.45, 2.75) is 32.2 Å². The maximum absolute atomic E-state index is 12.0. The SMILES string of the molecule is CCCCC(NC(=O)c1cc(Cl)ccc1Br)C(=O)O. The number of hydrogen-bond donors (Lipinski definition) is 2. The molecule has 0 bridgehead atoms. The van der Waals surface area contributed by atoms with Crippen LogP contribution in [-0.4, -0.2) is 23.0 Å². The Morgan fingerprint density at radius 1 is 1.47 bits per heavy atom. The van der Waals surface area contributed by atoms with Crippen LogP contribution in [0.1, 0.15) is 36.5 Å². The van der Waals surface area contributed by atoms with Crippen LogP contribution in [0.2, 0.25) is 5.02 Å². The summed E-state index contributed by atoms with van der Waals surface area (Å²) in [5.74, 6) is -1.47. The van der Waals surface area contributed by atoms with E-state index in [0.29, 0.717) is 21.5 Å². The standard InChI is InChI=1S/C13H15BrClNO3/c1-2-3-4-11(13(18)19)16-12(17)9-7-8(15)5-6-10(9)14/h5-7,11H,2-4H2,1H3,(H,16,17)(H,18,19). The molecule has 1 amide bonds. The topological polar surface area (TPSA) is 66.4 Å². The number of amides is 1. The minimum absolute atomic E-state index is 0.329. The lowest BCUT2D eigenvalue weighted by Gasteiger charge is -2.14. The third kappa shape index (κ3) is 4.84. The number of aliphatic carboxylic acids is 1. The monoisotopic (exact) mass is 347 g/mol. The summed E-state index contributed by atoms with van der Waals surface area (Å²) in [4.78, 5) is 23.1. The van der Waals surface area contributed by atoms with Gasteiger partial charge in [-0.25, -0.2) is 4.79 Å². The molecule has 1 rings (SSSR count). The van der Waals surface area contributed by atoms with Crippen LogP contribution in [0.3, 0.4) is 0 Å². The first-order valence-electron chi connectivity index (χ1n) is 5.94. The summed E-state index contributed by atoms with van der Waals surface area (Å²) in [7, 11) is 0. The highest BCUT2D eigenvalue weighted by atomic mass is 79.9. The minimum atomic E-state index is -1.03. The Labute approximate surface area is 125 Å². The highest BCUT2D eigenvalue weighted by Gasteiger charge is 2.21. The highest BCUT2D eigenvalue weighted by Crippen LogP contribution is 2.21. The molecule has 1 aromatic carbocycles. The van der Waals surface area contributed by atoms with Gasteiger partial charge in [-0.2, -0.15) is 0 Å². The quantitative estimate of drug-likeness (QED) is 0.827. The van der Waals surface area contributed by atoms with Crippen molar-refractivity contribution in [1.82, 2.24) is 5.32 Å². The number of halogens is 2. The number of carboxylic acid groups (broad SMARTS) is 1. The van der Waals surface area contributed by atoms with Crippen LogP contribution < -0.4 is 5.32 Å². The van der Waals surface area contributed by atoms with Gasteiger partial charge in [0.25, 0.3) is 5.91 Å². The molecule has 1 unspecified atom stereocenters. The van der Waals surface area contributed by atoms with Gasteiger partial charge in [-0.1, -0.05) is 31.4 Å². The number of rotatable bonds is 6. The van der Waals surface area contributed by atoms with E-state index >= 15 is 0 Å². The molecular formula is C13H15BrClNO3. The molecule has 0 saturated heterocycles. The molecule has 1 aromatic rings. The van der Waals surface area contributed by atoms with Gasteiger partial charge in [0.2, 0.25) is 0 Å². The van der Waals surface area contributed by atoms with Crippen LogP contribution in [0.15, 0.2) is 22.7 Å². The molecule has 0 aliphatic heterocycles. The normalized spacial score (nSPS) is 11.9.